The van der Waals surface area contributed by atoms with E-state index >= 15 is 0 Å². The topological polar surface area (TPSA) is 80.3 Å². The van der Waals surface area contributed by atoms with Crippen LogP contribution in [0.5, 0.6) is 0 Å². The molecule has 0 saturated carbocycles. The van der Waals surface area contributed by atoms with Gasteiger partial charge in [0.2, 0.25) is 0 Å². The largest absolute Gasteiger partial charge is 0.446 e. The summed E-state index contributed by atoms with van der Waals surface area (Å²) in [5, 5.41) is 2.91. The van der Waals surface area contributed by atoms with Gasteiger partial charge in [-0.3, -0.25) is 4.79 Å². The molecule has 3 aliphatic rings. The summed E-state index contributed by atoms with van der Waals surface area (Å²) in [7, 11) is 1.83. The quantitative estimate of drug-likeness (QED) is 0.212. The highest BCUT2D eigenvalue weighted by Crippen LogP contribution is 2.35. The number of alkyl carbamates (subject to hydrolysis) is 1. The monoisotopic (exact) mass is 609 g/mol. The Morgan fingerprint density at radius 3 is 2.60 bits per heavy atom. The van der Waals surface area contributed by atoms with Crippen molar-refractivity contribution in [2.45, 2.75) is 64.4 Å². The molecule has 1 N–H and O–H groups in total. The predicted octanol–water partition coefficient (Wildman–Crippen LogP) is 6.00. The molecule has 0 aliphatic carbocycles. The summed E-state index contributed by atoms with van der Waals surface area (Å²) in [4.78, 5) is 27.6. The summed E-state index contributed by atoms with van der Waals surface area (Å²) < 4.78 is 19.4. The van der Waals surface area contributed by atoms with Crippen molar-refractivity contribution >= 4 is 23.9 Å². The molecule has 43 heavy (non-hydrogen) atoms. The van der Waals surface area contributed by atoms with E-state index < -0.39 is 0 Å². The number of hydrogen-bond acceptors (Lipinski definition) is 7. The molecule has 4 atom stereocenters. The average molecular weight is 610 g/mol. The molecule has 2 saturated heterocycles. The molecule has 0 spiro atoms. The number of aryl methyl sites for hydroxylation is 1. The molecular formula is C34H47N3O5S. The lowest BCUT2D eigenvalue weighted by atomic mass is 9.90. The van der Waals surface area contributed by atoms with Gasteiger partial charge in [0.1, 0.15) is 6.10 Å². The molecule has 4 unspecified atom stereocenters. The third-order valence-electron chi connectivity index (χ3n) is 7.64. The fraction of sp³-hybridized carbons (Fsp3) is 0.529. The minimum absolute atomic E-state index is 0.0879. The smallest absolute Gasteiger partial charge is 0.407 e. The van der Waals surface area contributed by atoms with Gasteiger partial charge in [0.05, 0.1) is 13.2 Å². The molecule has 2 aromatic rings. The van der Waals surface area contributed by atoms with Crippen molar-refractivity contribution in [1.29, 1.82) is 0 Å². The van der Waals surface area contributed by atoms with E-state index in [1.807, 2.05) is 31.3 Å². The van der Waals surface area contributed by atoms with Crippen molar-refractivity contribution in [3.8, 4) is 12.8 Å². The number of carbonyl (C=O) groups is 2. The molecule has 3 aliphatic heterocycles. The summed E-state index contributed by atoms with van der Waals surface area (Å²) in [6.07, 6.45) is 8.81. The second-order valence-corrected chi connectivity index (χ2v) is 12.8. The van der Waals surface area contributed by atoms with Crippen LogP contribution in [0, 0.1) is 37.5 Å². The van der Waals surface area contributed by atoms with Gasteiger partial charge in [0, 0.05) is 61.9 Å². The zero-order valence-corrected chi connectivity index (χ0v) is 27.0. The number of benzene rings is 2. The number of amides is 2. The maximum absolute atomic E-state index is 12.4. The number of nitrogens with one attached hydrogen (secondary N) is 1. The highest BCUT2D eigenvalue weighted by molar-refractivity contribution is 7.97. The molecule has 9 heteroatoms. The number of hydrogen-bond donors (Lipinski definition) is 1. The Kier molecular flexibility index (Phi) is 13.9. The van der Waals surface area contributed by atoms with Crippen molar-refractivity contribution in [2.75, 3.05) is 39.9 Å². The molecule has 234 valence electrons. The van der Waals surface area contributed by atoms with Crippen LogP contribution in [0.1, 0.15) is 55.1 Å². The first kappa shape index (κ1) is 34.5. The highest BCUT2D eigenvalue weighted by atomic mass is 32.2. The SMILES string of the molecule is C#C.CC(C)CN(CCCNC(=O)OC1CCOC2OCC1C2C)Sc1ccc2c(c1)C(=O)N(C)C2.Cc1ccccc1. The van der Waals surface area contributed by atoms with Crippen molar-refractivity contribution in [2.24, 2.45) is 17.8 Å². The standard InChI is InChI=1S/C25H37N3O5S.C7H8.C2H2/c1-16(2)13-28(34-19-7-6-18-14-27(4)23(29)20(18)12-19)10-5-9-26-25(30)33-22-8-11-31-24-17(3)21(22)15-32-24;1-7-5-3-2-4-6-7;1-2/h6-7,12,16-17,21-22,24H,5,8-11,13-15H2,1-4H3,(H,26,30);2-6H,1H3;1-2H. The van der Waals surface area contributed by atoms with Gasteiger partial charge in [-0.25, -0.2) is 9.10 Å². The first-order valence-electron chi connectivity index (χ1n) is 15.0. The number of terminal acetylenes is 1. The molecular weight excluding hydrogens is 562 g/mol. The Morgan fingerprint density at radius 2 is 1.93 bits per heavy atom. The van der Waals surface area contributed by atoms with Gasteiger partial charge < -0.3 is 24.4 Å². The zero-order valence-electron chi connectivity index (χ0n) is 26.2. The second-order valence-electron chi connectivity index (χ2n) is 11.6. The first-order valence-corrected chi connectivity index (χ1v) is 15.8. The number of rotatable bonds is 9. The summed E-state index contributed by atoms with van der Waals surface area (Å²) in [5.74, 6) is 1.02. The van der Waals surface area contributed by atoms with Crippen molar-refractivity contribution in [1.82, 2.24) is 14.5 Å². The summed E-state index contributed by atoms with van der Waals surface area (Å²) >= 11 is 1.67. The van der Waals surface area contributed by atoms with E-state index in [0.717, 1.165) is 35.5 Å². The Labute approximate surface area is 262 Å². The van der Waals surface area contributed by atoms with E-state index in [4.69, 9.17) is 14.2 Å². The van der Waals surface area contributed by atoms with E-state index in [0.29, 0.717) is 38.6 Å². The molecule has 2 aromatic carbocycles. The van der Waals surface area contributed by atoms with Crippen molar-refractivity contribution in [3.63, 3.8) is 0 Å². The Hall–Kier alpha value is -3.03. The number of ether oxygens (including phenoxy) is 3. The molecule has 5 rings (SSSR count). The van der Waals surface area contributed by atoms with E-state index in [2.05, 4.69) is 74.4 Å². The van der Waals surface area contributed by atoms with Crippen LogP contribution < -0.4 is 5.32 Å². The van der Waals surface area contributed by atoms with Crippen LogP contribution in [0.2, 0.25) is 0 Å². The molecule has 3 heterocycles. The van der Waals surface area contributed by atoms with Crippen molar-refractivity contribution < 1.29 is 23.8 Å². The molecule has 2 fully saturated rings. The third-order valence-corrected chi connectivity index (χ3v) is 8.70. The minimum atomic E-state index is -0.369. The van der Waals surface area contributed by atoms with Crippen LogP contribution in [-0.4, -0.2) is 73.5 Å². The van der Waals surface area contributed by atoms with Gasteiger partial charge in [0.15, 0.2) is 6.29 Å². The van der Waals surface area contributed by atoms with Gasteiger partial charge in [-0.1, -0.05) is 62.7 Å². The average Bonchev–Trinajstić information content (AvgIpc) is 3.43. The number of carbonyl (C=O) groups excluding carboxylic acids is 2. The van der Waals surface area contributed by atoms with Gasteiger partial charge in [-0.2, -0.15) is 0 Å². The lowest BCUT2D eigenvalue weighted by molar-refractivity contribution is -0.131. The second kappa shape index (κ2) is 17.3. The van der Waals surface area contributed by atoms with E-state index in [1.165, 1.54) is 5.56 Å². The van der Waals surface area contributed by atoms with Crippen LogP contribution in [-0.2, 0) is 20.8 Å². The normalized spacial score (nSPS) is 22.2. The molecule has 0 aromatic heterocycles. The predicted molar refractivity (Wildman–Crippen MR) is 171 cm³/mol. The minimum Gasteiger partial charge on any atom is -0.446 e. The third kappa shape index (κ3) is 10.3. The maximum Gasteiger partial charge on any atom is 0.407 e. The first-order chi connectivity index (χ1) is 20.7. The van der Waals surface area contributed by atoms with Gasteiger partial charge in [0.25, 0.3) is 5.91 Å². The fourth-order valence-corrected chi connectivity index (χ4v) is 6.58. The maximum atomic E-state index is 12.4. The van der Waals surface area contributed by atoms with Crippen LogP contribution in [0.4, 0.5) is 4.79 Å². The Balaban J connectivity index is 0.000000487. The Morgan fingerprint density at radius 1 is 1.19 bits per heavy atom. The molecule has 8 nitrogen and oxygen atoms in total. The molecule has 2 bridgehead atoms. The van der Waals surface area contributed by atoms with Crippen LogP contribution in [0.25, 0.3) is 0 Å². The van der Waals surface area contributed by atoms with E-state index in [-0.39, 0.29) is 36.2 Å². The summed E-state index contributed by atoms with van der Waals surface area (Å²) in [6, 6.07) is 16.4. The number of fused-ring (bicyclic) bond motifs is 3. The summed E-state index contributed by atoms with van der Waals surface area (Å²) in [6.45, 7) is 12.7. The van der Waals surface area contributed by atoms with E-state index in [9.17, 15) is 9.59 Å². The number of nitrogens with zero attached hydrogens (tertiary/aromatic N) is 2. The highest BCUT2D eigenvalue weighted by Gasteiger charge is 2.43. The van der Waals surface area contributed by atoms with Crippen LogP contribution >= 0.6 is 11.9 Å². The van der Waals surface area contributed by atoms with Gasteiger partial charge in [-0.15, -0.1) is 12.8 Å². The zero-order chi connectivity index (χ0) is 31.4. The lowest BCUT2D eigenvalue weighted by Crippen LogP contribution is -2.36. The van der Waals surface area contributed by atoms with Crippen LogP contribution in [0.3, 0.4) is 0 Å². The van der Waals surface area contributed by atoms with E-state index in [1.54, 1.807) is 16.8 Å². The van der Waals surface area contributed by atoms with Crippen molar-refractivity contribution in [3.05, 3.63) is 65.2 Å². The molecule has 0 radical (unpaired) electrons. The van der Waals surface area contributed by atoms with Gasteiger partial charge >= 0.3 is 6.09 Å². The summed E-state index contributed by atoms with van der Waals surface area (Å²) in [5.41, 5.74) is 3.21. The fourth-order valence-electron chi connectivity index (χ4n) is 5.39. The molecule has 2 amide bonds. The Bertz CT molecular complexity index is 1190. The van der Waals surface area contributed by atoms with Crippen LogP contribution in [0.15, 0.2) is 53.4 Å². The van der Waals surface area contributed by atoms with Gasteiger partial charge in [-0.05, 0) is 48.9 Å². The lowest BCUT2D eigenvalue weighted by Gasteiger charge is -2.24.